The number of amides is 1. The van der Waals surface area contributed by atoms with Crippen LogP contribution in [0.25, 0.3) is 0 Å². The molecule has 0 aromatic heterocycles. The van der Waals surface area contributed by atoms with Crippen molar-refractivity contribution in [3.63, 3.8) is 0 Å². The van der Waals surface area contributed by atoms with Crippen LogP contribution in [0.3, 0.4) is 0 Å². The number of carbonyl (C=O) groups excluding carboxylic acids is 2. The number of methoxy groups -OCH3 is 1. The second kappa shape index (κ2) is 6.92. The Bertz CT molecular complexity index is 585. The third-order valence-corrected chi connectivity index (χ3v) is 5.43. The second-order valence-corrected chi connectivity index (χ2v) is 7.09. The summed E-state index contributed by atoms with van der Waals surface area (Å²) in [7, 11) is 1.52. The van der Waals surface area contributed by atoms with Crippen LogP contribution < -0.4 is 4.90 Å². The van der Waals surface area contributed by atoms with Crippen molar-refractivity contribution in [2.75, 3.05) is 18.6 Å². The molecule has 2 rings (SSSR count). The number of Topliss-reactive ketones (excluding diaryl/α,β-unsaturated/α-hetero) is 1. The van der Waals surface area contributed by atoms with Gasteiger partial charge in [0.25, 0.3) is 5.91 Å². The monoisotopic (exact) mass is 367 g/mol. The molecular formula is C17H22BrNO3. The molecular weight excluding hydrogens is 346 g/mol. The quantitative estimate of drug-likeness (QED) is 0.592. The first kappa shape index (κ1) is 17.2. The molecule has 0 saturated carbocycles. The summed E-state index contributed by atoms with van der Waals surface area (Å²) in [4.78, 5) is 26.2. The van der Waals surface area contributed by atoms with Crippen LogP contribution in [0.5, 0.6) is 0 Å². The maximum Gasteiger partial charge on any atom is 0.253 e. The van der Waals surface area contributed by atoms with Crippen LogP contribution in [0.1, 0.15) is 36.7 Å². The first-order chi connectivity index (χ1) is 10.4. The van der Waals surface area contributed by atoms with E-state index in [4.69, 9.17) is 4.74 Å². The number of rotatable bonds is 5. The highest BCUT2D eigenvalue weighted by atomic mass is 79.9. The summed E-state index contributed by atoms with van der Waals surface area (Å²) in [5.41, 5.74) is 2.63. The van der Waals surface area contributed by atoms with Gasteiger partial charge < -0.3 is 9.64 Å². The third kappa shape index (κ3) is 3.25. The van der Waals surface area contributed by atoms with Crippen molar-refractivity contribution < 1.29 is 14.3 Å². The lowest BCUT2D eigenvalue weighted by atomic mass is 9.98. The fourth-order valence-electron chi connectivity index (χ4n) is 2.82. The van der Waals surface area contributed by atoms with E-state index in [1.807, 2.05) is 39.0 Å². The second-order valence-electron chi connectivity index (χ2n) is 6.10. The van der Waals surface area contributed by atoms with Crippen LogP contribution in [-0.2, 0) is 16.0 Å². The molecule has 0 N–H and O–H groups in total. The largest absolute Gasteiger partial charge is 0.375 e. The van der Waals surface area contributed by atoms with Crippen LogP contribution in [0, 0.1) is 5.92 Å². The fourth-order valence-corrected chi connectivity index (χ4v) is 3.08. The summed E-state index contributed by atoms with van der Waals surface area (Å²) in [6.45, 7) is 6.10. The topological polar surface area (TPSA) is 46.6 Å². The van der Waals surface area contributed by atoms with Crippen LogP contribution in [0.15, 0.2) is 18.2 Å². The van der Waals surface area contributed by atoms with Gasteiger partial charge in [0, 0.05) is 24.4 Å². The molecule has 0 radical (unpaired) electrons. The molecule has 4 nitrogen and oxygen atoms in total. The number of hydrogen-bond acceptors (Lipinski definition) is 3. The Kier molecular flexibility index (Phi) is 5.40. The van der Waals surface area contributed by atoms with Crippen LogP contribution >= 0.6 is 15.9 Å². The summed E-state index contributed by atoms with van der Waals surface area (Å²) >= 11 is 3.46. The van der Waals surface area contributed by atoms with Crippen molar-refractivity contribution in [1.82, 2.24) is 0 Å². The summed E-state index contributed by atoms with van der Waals surface area (Å²) in [5, 5.41) is 0. The highest BCUT2D eigenvalue weighted by Crippen LogP contribution is 2.33. The Balaban J connectivity index is 2.29. The molecule has 1 aliphatic rings. The molecule has 0 spiro atoms. The number of ketones is 1. The van der Waals surface area contributed by atoms with E-state index in [1.54, 1.807) is 4.90 Å². The lowest BCUT2D eigenvalue weighted by Crippen LogP contribution is -2.38. The Labute approximate surface area is 140 Å². The van der Waals surface area contributed by atoms with Gasteiger partial charge >= 0.3 is 0 Å². The van der Waals surface area contributed by atoms with Crippen molar-refractivity contribution in [2.24, 2.45) is 5.92 Å². The number of halogens is 1. The standard InChI is InChI=1S/C17H22BrNO3/c1-10(2)16(18)17(21)12-5-6-14-13(8-12)7-11(3)19(14)15(20)9-22-4/h5-6,8,10-11,16H,7,9H2,1-4H3. The predicted octanol–water partition coefficient (Wildman–Crippen LogP) is 3.21. The molecule has 22 heavy (non-hydrogen) atoms. The van der Waals surface area contributed by atoms with Gasteiger partial charge in [0.2, 0.25) is 0 Å². The SMILES string of the molecule is COCC(=O)N1c2ccc(C(=O)C(Br)C(C)C)cc2CC1C. The van der Waals surface area contributed by atoms with Crippen LogP contribution in [0.2, 0.25) is 0 Å². The van der Waals surface area contributed by atoms with Gasteiger partial charge in [0.1, 0.15) is 6.61 Å². The zero-order valence-corrected chi connectivity index (χ0v) is 15.0. The van der Waals surface area contributed by atoms with Gasteiger partial charge in [-0.15, -0.1) is 0 Å². The molecule has 120 valence electrons. The molecule has 1 aromatic rings. The maximum atomic E-state index is 12.4. The van der Waals surface area contributed by atoms with E-state index in [1.165, 1.54) is 7.11 Å². The number of carbonyl (C=O) groups is 2. The zero-order chi connectivity index (χ0) is 16.4. The summed E-state index contributed by atoms with van der Waals surface area (Å²) < 4.78 is 4.95. The van der Waals surface area contributed by atoms with Crippen molar-refractivity contribution in [1.29, 1.82) is 0 Å². The van der Waals surface area contributed by atoms with Gasteiger partial charge in [0.15, 0.2) is 5.78 Å². The van der Waals surface area contributed by atoms with Gasteiger partial charge in [-0.25, -0.2) is 0 Å². The number of nitrogens with zero attached hydrogens (tertiary/aromatic N) is 1. The van der Waals surface area contributed by atoms with E-state index in [9.17, 15) is 9.59 Å². The van der Waals surface area contributed by atoms with E-state index in [-0.39, 0.29) is 35.1 Å². The number of anilines is 1. The van der Waals surface area contributed by atoms with E-state index in [2.05, 4.69) is 15.9 Å². The van der Waals surface area contributed by atoms with E-state index < -0.39 is 0 Å². The minimum atomic E-state index is -0.185. The molecule has 5 heteroatoms. The summed E-state index contributed by atoms with van der Waals surface area (Å²) in [6, 6.07) is 5.70. The number of fused-ring (bicyclic) bond motifs is 1. The molecule has 1 amide bonds. The molecule has 0 aliphatic carbocycles. The summed E-state index contributed by atoms with van der Waals surface area (Å²) in [6.07, 6.45) is 0.764. The van der Waals surface area contributed by atoms with Crippen molar-refractivity contribution in [3.05, 3.63) is 29.3 Å². The first-order valence-electron chi connectivity index (χ1n) is 7.49. The fraction of sp³-hybridized carbons (Fsp3) is 0.529. The van der Waals surface area contributed by atoms with Gasteiger partial charge in [-0.2, -0.15) is 0 Å². The van der Waals surface area contributed by atoms with E-state index in [0.717, 1.165) is 17.7 Å². The molecule has 0 saturated heterocycles. The third-order valence-electron chi connectivity index (χ3n) is 3.95. The van der Waals surface area contributed by atoms with Gasteiger partial charge in [-0.1, -0.05) is 29.8 Å². The molecule has 1 aromatic carbocycles. The molecule has 2 atom stereocenters. The molecule has 2 unspecified atom stereocenters. The van der Waals surface area contributed by atoms with Crippen LogP contribution in [0.4, 0.5) is 5.69 Å². The molecule has 0 fully saturated rings. The Morgan fingerprint density at radius 3 is 2.68 bits per heavy atom. The Hall–Kier alpha value is -1.20. The highest BCUT2D eigenvalue weighted by Gasteiger charge is 2.31. The summed E-state index contributed by atoms with van der Waals surface area (Å²) in [5.74, 6) is 0.278. The zero-order valence-electron chi connectivity index (χ0n) is 13.4. The number of hydrogen-bond donors (Lipinski definition) is 0. The lowest BCUT2D eigenvalue weighted by molar-refractivity contribution is -0.122. The van der Waals surface area contributed by atoms with Crippen molar-refractivity contribution >= 4 is 33.3 Å². The first-order valence-corrected chi connectivity index (χ1v) is 8.40. The van der Waals surface area contributed by atoms with Crippen molar-refractivity contribution in [3.8, 4) is 0 Å². The molecule has 1 aliphatic heterocycles. The number of alkyl halides is 1. The average Bonchev–Trinajstić information content (AvgIpc) is 2.80. The maximum absolute atomic E-state index is 12.4. The smallest absolute Gasteiger partial charge is 0.253 e. The van der Waals surface area contributed by atoms with E-state index >= 15 is 0 Å². The minimum absolute atomic E-state index is 0.0478. The predicted molar refractivity (Wildman–Crippen MR) is 90.9 cm³/mol. The Morgan fingerprint density at radius 1 is 1.41 bits per heavy atom. The lowest BCUT2D eigenvalue weighted by Gasteiger charge is -2.22. The van der Waals surface area contributed by atoms with Crippen molar-refractivity contribution in [2.45, 2.75) is 38.1 Å². The van der Waals surface area contributed by atoms with E-state index in [0.29, 0.717) is 5.56 Å². The van der Waals surface area contributed by atoms with Gasteiger partial charge in [-0.05, 0) is 43.0 Å². The number of ether oxygens (including phenoxy) is 1. The van der Waals surface area contributed by atoms with Gasteiger partial charge in [0.05, 0.1) is 4.83 Å². The average molecular weight is 368 g/mol. The minimum Gasteiger partial charge on any atom is -0.375 e. The van der Waals surface area contributed by atoms with Crippen LogP contribution in [-0.4, -0.2) is 36.3 Å². The number of benzene rings is 1. The highest BCUT2D eigenvalue weighted by molar-refractivity contribution is 9.10. The molecule has 0 bridgehead atoms. The van der Waals surface area contributed by atoms with Gasteiger partial charge in [-0.3, -0.25) is 9.59 Å². The normalized spacial score (nSPS) is 18.5. The molecule has 1 heterocycles. The Morgan fingerprint density at radius 2 is 2.09 bits per heavy atom.